The average molecular weight is 426 g/mol. The Morgan fingerprint density at radius 3 is 2.61 bits per heavy atom. The Morgan fingerprint density at radius 1 is 1.16 bits per heavy atom. The second-order valence-electron chi connectivity index (χ2n) is 7.56. The molecule has 1 aromatic carbocycles. The smallest absolute Gasteiger partial charge is 0.283 e. The van der Waals surface area contributed by atoms with Gasteiger partial charge < -0.3 is 19.5 Å². The molecule has 0 atom stereocenters. The molecule has 0 unspecified atom stereocenters. The highest BCUT2D eigenvalue weighted by molar-refractivity contribution is 5.95. The number of halogens is 2. The Balaban J connectivity index is 1.66. The lowest BCUT2D eigenvalue weighted by Gasteiger charge is -2.34. The summed E-state index contributed by atoms with van der Waals surface area (Å²) in [4.78, 5) is 23.7. The number of ether oxygens (including phenoxy) is 1. The van der Waals surface area contributed by atoms with Crippen molar-refractivity contribution in [3.63, 3.8) is 0 Å². The van der Waals surface area contributed by atoms with E-state index in [-0.39, 0.29) is 33.7 Å². The number of methoxy groups -OCH3 is 1. The number of hydrogen-bond acceptors (Lipinski definition) is 6. The molecule has 1 aromatic heterocycles. The predicted molar refractivity (Wildman–Crippen MR) is 112 cm³/mol. The van der Waals surface area contributed by atoms with Crippen molar-refractivity contribution >= 4 is 16.6 Å². The van der Waals surface area contributed by atoms with Crippen molar-refractivity contribution in [3.05, 3.63) is 52.6 Å². The van der Waals surface area contributed by atoms with Gasteiger partial charge in [-0.2, -0.15) is 9.78 Å². The van der Waals surface area contributed by atoms with E-state index >= 15 is 8.78 Å². The van der Waals surface area contributed by atoms with Crippen molar-refractivity contribution in [2.75, 3.05) is 45.2 Å². The fourth-order valence-electron chi connectivity index (χ4n) is 3.92. The zero-order valence-corrected chi connectivity index (χ0v) is 17.0. The molecule has 1 N–H and O–H groups in total. The van der Waals surface area contributed by atoms with E-state index in [9.17, 15) is 4.79 Å². The average Bonchev–Trinajstić information content (AvgIpc) is 3.12. The van der Waals surface area contributed by atoms with Crippen LogP contribution in [0.1, 0.15) is 0 Å². The molecule has 0 bridgehead atoms. The van der Waals surface area contributed by atoms with Gasteiger partial charge in [0.15, 0.2) is 11.6 Å². The number of likely N-dealkylation sites (N-methyl/N-ethyl adjacent to an activating group) is 1. The highest BCUT2D eigenvalue weighted by atomic mass is 19.1. The fourth-order valence-corrected chi connectivity index (χ4v) is 3.92. The minimum atomic E-state index is -0.689. The second-order valence-corrected chi connectivity index (χ2v) is 7.56. The number of fused-ring (bicyclic) bond motifs is 3. The molecule has 4 heterocycles. The number of benzene rings is 1. The van der Waals surface area contributed by atoms with Gasteiger partial charge in [0, 0.05) is 37.8 Å². The lowest BCUT2D eigenvalue weighted by Crippen LogP contribution is -2.45. The summed E-state index contributed by atoms with van der Waals surface area (Å²) in [5, 5.41) is 4.53. The molecule has 3 aliphatic heterocycles. The minimum Gasteiger partial charge on any atom is -0.495 e. The van der Waals surface area contributed by atoms with Crippen LogP contribution < -0.4 is 15.2 Å². The third-order valence-electron chi connectivity index (χ3n) is 5.68. The first-order chi connectivity index (χ1) is 15.0. The van der Waals surface area contributed by atoms with Crippen molar-refractivity contribution in [3.8, 4) is 22.8 Å². The standard InChI is InChI=1S/C21H20F2N6O2/c1-27-5-7-28(8-6-27)20-15(22)9-13-18-14(11-25-19(13)17(20)23)21(30)29(26-18)16-4-3-12(31-2)10-24-16/h3-4,9-11,25H,5-8H2,1-2H3. The molecule has 31 heavy (non-hydrogen) atoms. The summed E-state index contributed by atoms with van der Waals surface area (Å²) < 4.78 is 36.6. The van der Waals surface area contributed by atoms with Crippen LogP contribution in [0.5, 0.6) is 5.75 Å². The summed E-state index contributed by atoms with van der Waals surface area (Å²) in [5.41, 5.74) is 0.0371. The highest BCUT2D eigenvalue weighted by Gasteiger charge is 2.27. The number of anilines is 1. The van der Waals surface area contributed by atoms with Gasteiger partial charge in [-0.25, -0.2) is 13.8 Å². The van der Waals surface area contributed by atoms with Gasteiger partial charge in [-0.3, -0.25) is 4.79 Å². The monoisotopic (exact) mass is 426 g/mol. The van der Waals surface area contributed by atoms with Crippen molar-refractivity contribution in [2.45, 2.75) is 0 Å². The SMILES string of the molecule is COc1ccc(-n2nc3c4cc(F)c(N5CCN(C)CC5)c(F)c4[nH]cc-3c2=O)nc1. The number of aromatic amines is 1. The molecule has 3 aliphatic rings. The van der Waals surface area contributed by atoms with Gasteiger partial charge in [-0.1, -0.05) is 0 Å². The maximum atomic E-state index is 15.4. The van der Waals surface area contributed by atoms with Gasteiger partial charge in [-0.05, 0) is 25.2 Å². The number of nitrogens with zero attached hydrogens (tertiary/aromatic N) is 5. The summed E-state index contributed by atoms with van der Waals surface area (Å²) in [6.45, 7) is 2.50. The van der Waals surface area contributed by atoms with Gasteiger partial charge >= 0.3 is 0 Å². The van der Waals surface area contributed by atoms with E-state index in [1.807, 2.05) is 7.05 Å². The lowest BCUT2D eigenvalue weighted by atomic mass is 10.1. The van der Waals surface area contributed by atoms with E-state index in [4.69, 9.17) is 4.74 Å². The number of hydrogen-bond donors (Lipinski definition) is 1. The zero-order chi connectivity index (χ0) is 21.7. The van der Waals surface area contributed by atoms with Crippen molar-refractivity contribution in [1.82, 2.24) is 24.6 Å². The van der Waals surface area contributed by atoms with E-state index in [0.29, 0.717) is 18.8 Å². The highest BCUT2D eigenvalue weighted by Crippen LogP contribution is 2.34. The van der Waals surface area contributed by atoms with Crippen LogP contribution >= 0.6 is 0 Å². The van der Waals surface area contributed by atoms with Crippen LogP contribution in [-0.4, -0.2) is 65.0 Å². The molecule has 0 amide bonds. The van der Waals surface area contributed by atoms with Crippen LogP contribution in [0, 0.1) is 11.6 Å². The van der Waals surface area contributed by atoms with Crippen LogP contribution in [0.2, 0.25) is 0 Å². The molecule has 1 fully saturated rings. The number of H-pyrrole nitrogens is 1. The van der Waals surface area contributed by atoms with E-state index in [0.717, 1.165) is 17.8 Å². The summed E-state index contributed by atoms with van der Waals surface area (Å²) >= 11 is 0. The quantitative estimate of drug-likeness (QED) is 0.542. The van der Waals surface area contributed by atoms with E-state index in [1.165, 1.54) is 25.6 Å². The van der Waals surface area contributed by atoms with Gasteiger partial charge in [0.2, 0.25) is 0 Å². The summed E-state index contributed by atoms with van der Waals surface area (Å²) in [6.07, 6.45) is 2.87. The minimum absolute atomic E-state index is 0.0604. The van der Waals surface area contributed by atoms with Crippen LogP contribution in [0.25, 0.3) is 28.0 Å². The largest absolute Gasteiger partial charge is 0.495 e. The first-order valence-electron chi connectivity index (χ1n) is 9.84. The first kappa shape index (κ1) is 19.4. The van der Waals surface area contributed by atoms with E-state index in [1.54, 1.807) is 17.0 Å². The molecular formula is C21H20F2N6O2. The number of nitrogens with one attached hydrogen (secondary N) is 1. The molecule has 5 rings (SSSR count). The number of rotatable bonds is 3. The first-order valence-corrected chi connectivity index (χ1v) is 9.84. The van der Waals surface area contributed by atoms with Gasteiger partial charge in [0.05, 0.1) is 24.4 Å². The maximum absolute atomic E-state index is 15.4. The van der Waals surface area contributed by atoms with Gasteiger partial charge in [0.25, 0.3) is 5.56 Å². The topological polar surface area (TPSA) is 79.3 Å². The number of aromatic nitrogens is 4. The number of pyridine rings is 2. The fraction of sp³-hybridized carbons (Fsp3) is 0.286. The normalized spacial score (nSPS) is 15.2. The Bertz CT molecular complexity index is 1290. The number of piperazine rings is 1. The Kier molecular flexibility index (Phi) is 4.58. The molecule has 0 aliphatic carbocycles. The van der Waals surface area contributed by atoms with Crippen LogP contribution in [0.3, 0.4) is 0 Å². The lowest BCUT2D eigenvalue weighted by molar-refractivity contribution is 0.310. The molecule has 0 saturated carbocycles. The van der Waals surface area contributed by atoms with E-state index in [2.05, 4.69) is 20.0 Å². The molecule has 160 valence electrons. The molecule has 2 aromatic rings. The summed E-state index contributed by atoms with van der Waals surface area (Å²) in [6, 6.07) is 4.48. The van der Waals surface area contributed by atoms with E-state index < -0.39 is 17.2 Å². The molecule has 0 radical (unpaired) electrons. The molecule has 1 saturated heterocycles. The molecule has 8 nitrogen and oxygen atoms in total. The molecular weight excluding hydrogens is 406 g/mol. The van der Waals surface area contributed by atoms with Crippen molar-refractivity contribution in [1.29, 1.82) is 0 Å². The Hall–Kier alpha value is -3.53. The van der Waals surface area contributed by atoms with Crippen molar-refractivity contribution in [2.24, 2.45) is 0 Å². The zero-order valence-electron chi connectivity index (χ0n) is 17.0. The van der Waals surface area contributed by atoms with Crippen LogP contribution in [0.15, 0.2) is 35.4 Å². The second kappa shape index (κ2) is 7.31. The molecule has 10 heteroatoms. The predicted octanol–water partition coefficient (Wildman–Crippen LogP) is 2.25. The summed E-state index contributed by atoms with van der Waals surface area (Å²) in [5.74, 6) is -0.552. The van der Waals surface area contributed by atoms with Crippen LogP contribution in [-0.2, 0) is 0 Å². The maximum Gasteiger partial charge on any atom is 0.283 e. The van der Waals surface area contributed by atoms with Gasteiger partial charge in [0.1, 0.15) is 22.9 Å². The van der Waals surface area contributed by atoms with Gasteiger partial charge in [-0.15, -0.1) is 0 Å². The Labute approximate surface area is 176 Å². The third-order valence-corrected chi connectivity index (χ3v) is 5.68. The summed E-state index contributed by atoms with van der Waals surface area (Å²) in [7, 11) is 3.49. The van der Waals surface area contributed by atoms with Crippen LogP contribution in [0.4, 0.5) is 14.5 Å². The molecule has 0 spiro atoms. The Morgan fingerprint density at radius 2 is 1.94 bits per heavy atom. The third kappa shape index (κ3) is 3.10. The van der Waals surface area contributed by atoms with Crippen molar-refractivity contribution < 1.29 is 13.5 Å².